The first-order valence-electron chi connectivity index (χ1n) is 9.67. The number of furan rings is 1. The van der Waals surface area contributed by atoms with Crippen molar-refractivity contribution in [3.05, 3.63) is 84.1 Å². The van der Waals surface area contributed by atoms with E-state index in [0.717, 1.165) is 5.56 Å². The fraction of sp³-hybridized carbons (Fsp3) is 0.217. The van der Waals surface area contributed by atoms with Crippen molar-refractivity contribution in [2.75, 3.05) is 6.54 Å². The molecule has 0 aliphatic carbocycles. The monoisotopic (exact) mass is 408 g/mol. The van der Waals surface area contributed by atoms with Gasteiger partial charge in [0.25, 0.3) is 0 Å². The Bertz CT molecular complexity index is 1000. The lowest BCUT2D eigenvalue weighted by Crippen LogP contribution is -2.32. The molecular weight excluding hydrogens is 387 g/mol. The van der Waals surface area contributed by atoms with Crippen LogP contribution in [0, 0.1) is 11.7 Å². The van der Waals surface area contributed by atoms with Gasteiger partial charge in [0, 0.05) is 19.5 Å². The lowest BCUT2D eigenvalue weighted by Gasteiger charge is -2.15. The summed E-state index contributed by atoms with van der Waals surface area (Å²) in [7, 11) is 0. The molecule has 0 radical (unpaired) electrons. The predicted molar refractivity (Wildman–Crippen MR) is 107 cm³/mol. The molecule has 1 N–H and O–H groups in total. The first-order valence-corrected chi connectivity index (χ1v) is 9.67. The zero-order valence-corrected chi connectivity index (χ0v) is 16.2. The van der Waals surface area contributed by atoms with Crippen LogP contribution in [0.3, 0.4) is 0 Å². The van der Waals surface area contributed by atoms with Crippen LogP contribution < -0.4 is 10.1 Å². The number of benzene rings is 2. The fourth-order valence-corrected chi connectivity index (χ4v) is 3.34. The van der Waals surface area contributed by atoms with Gasteiger partial charge < -0.3 is 19.4 Å². The van der Waals surface area contributed by atoms with E-state index in [9.17, 15) is 14.0 Å². The van der Waals surface area contributed by atoms with Gasteiger partial charge in [0.05, 0.1) is 18.7 Å². The summed E-state index contributed by atoms with van der Waals surface area (Å²) >= 11 is 0. The molecule has 1 aliphatic heterocycles. The average Bonchev–Trinajstić information content (AvgIpc) is 3.39. The molecule has 0 saturated carbocycles. The standard InChI is InChI=1S/C23H21FN2O4/c24-18-5-9-20(10-6-18)30-19-7-3-16(4-8-19)13-25-23(28)17-12-22(27)26(14-17)15-21-2-1-11-29-21/h1-11,17H,12-15H2,(H,25,28)/t17-/m0/s1. The number of likely N-dealkylation sites (tertiary alicyclic amines) is 1. The number of ether oxygens (including phenoxy) is 1. The number of carbonyl (C=O) groups excluding carboxylic acids is 2. The summed E-state index contributed by atoms with van der Waals surface area (Å²) in [6.07, 6.45) is 1.77. The van der Waals surface area contributed by atoms with Gasteiger partial charge in [0.1, 0.15) is 23.1 Å². The second kappa shape index (κ2) is 8.82. The quantitative estimate of drug-likeness (QED) is 0.644. The van der Waals surface area contributed by atoms with E-state index >= 15 is 0 Å². The van der Waals surface area contributed by atoms with Crippen LogP contribution in [0.15, 0.2) is 71.3 Å². The van der Waals surface area contributed by atoms with Crippen molar-refractivity contribution < 1.29 is 23.1 Å². The summed E-state index contributed by atoms with van der Waals surface area (Å²) < 4.78 is 23.9. The molecule has 2 heterocycles. The van der Waals surface area contributed by atoms with Crippen LogP contribution in [0.5, 0.6) is 11.5 Å². The topological polar surface area (TPSA) is 71.8 Å². The van der Waals surface area contributed by atoms with Gasteiger partial charge in [-0.2, -0.15) is 0 Å². The van der Waals surface area contributed by atoms with Crippen molar-refractivity contribution in [1.82, 2.24) is 10.2 Å². The summed E-state index contributed by atoms with van der Waals surface area (Å²) in [5, 5.41) is 2.89. The third kappa shape index (κ3) is 4.86. The van der Waals surface area contributed by atoms with Crippen molar-refractivity contribution in [1.29, 1.82) is 0 Å². The van der Waals surface area contributed by atoms with Gasteiger partial charge in [-0.1, -0.05) is 12.1 Å². The highest BCUT2D eigenvalue weighted by atomic mass is 19.1. The van der Waals surface area contributed by atoms with E-state index in [1.54, 1.807) is 41.5 Å². The third-order valence-electron chi connectivity index (χ3n) is 4.95. The summed E-state index contributed by atoms with van der Waals surface area (Å²) in [6, 6.07) is 16.6. The van der Waals surface area contributed by atoms with Gasteiger partial charge in [-0.15, -0.1) is 0 Å². The largest absolute Gasteiger partial charge is 0.467 e. The molecule has 0 spiro atoms. The fourth-order valence-electron chi connectivity index (χ4n) is 3.34. The molecule has 1 saturated heterocycles. The van der Waals surface area contributed by atoms with E-state index in [1.807, 2.05) is 18.2 Å². The Morgan fingerprint density at radius 2 is 1.80 bits per heavy atom. The number of halogens is 1. The Labute approximate surface area is 173 Å². The van der Waals surface area contributed by atoms with Gasteiger partial charge in [0.2, 0.25) is 11.8 Å². The molecule has 154 valence electrons. The van der Waals surface area contributed by atoms with Crippen molar-refractivity contribution in [3.8, 4) is 11.5 Å². The van der Waals surface area contributed by atoms with Gasteiger partial charge in [-0.25, -0.2) is 4.39 Å². The van der Waals surface area contributed by atoms with E-state index in [-0.39, 0.29) is 30.0 Å². The highest BCUT2D eigenvalue weighted by molar-refractivity contribution is 5.89. The molecule has 2 amide bonds. The first kappa shape index (κ1) is 19.7. The molecule has 7 heteroatoms. The molecule has 0 unspecified atom stereocenters. The van der Waals surface area contributed by atoms with Crippen LogP contribution in [0.2, 0.25) is 0 Å². The predicted octanol–water partition coefficient (Wildman–Crippen LogP) is 3.88. The molecule has 2 aromatic carbocycles. The highest BCUT2D eigenvalue weighted by Gasteiger charge is 2.34. The van der Waals surface area contributed by atoms with Crippen LogP contribution in [-0.4, -0.2) is 23.3 Å². The molecule has 3 aromatic rings. The van der Waals surface area contributed by atoms with Crippen LogP contribution in [-0.2, 0) is 22.7 Å². The molecule has 30 heavy (non-hydrogen) atoms. The number of hydrogen-bond acceptors (Lipinski definition) is 4. The minimum absolute atomic E-state index is 0.0474. The molecule has 1 fully saturated rings. The molecule has 1 atom stereocenters. The maximum atomic E-state index is 13.0. The van der Waals surface area contributed by atoms with Gasteiger partial charge in [-0.3, -0.25) is 9.59 Å². The lowest BCUT2D eigenvalue weighted by atomic mass is 10.1. The Morgan fingerprint density at radius 3 is 2.47 bits per heavy atom. The summed E-state index contributed by atoms with van der Waals surface area (Å²) in [4.78, 5) is 26.3. The number of amides is 2. The molecule has 1 aliphatic rings. The van der Waals surface area contributed by atoms with Crippen molar-refractivity contribution in [3.63, 3.8) is 0 Å². The zero-order valence-electron chi connectivity index (χ0n) is 16.2. The van der Waals surface area contributed by atoms with E-state index in [4.69, 9.17) is 9.15 Å². The van der Waals surface area contributed by atoms with Gasteiger partial charge in [-0.05, 0) is 54.1 Å². The summed E-state index contributed by atoms with van der Waals surface area (Å²) in [5.74, 6) is 0.988. The number of carbonyl (C=O) groups is 2. The Morgan fingerprint density at radius 1 is 1.10 bits per heavy atom. The molecule has 1 aromatic heterocycles. The number of hydrogen-bond donors (Lipinski definition) is 1. The van der Waals surface area contributed by atoms with Crippen molar-refractivity contribution in [2.45, 2.75) is 19.5 Å². The van der Waals surface area contributed by atoms with Crippen LogP contribution >= 0.6 is 0 Å². The first-order chi connectivity index (χ1) is 14.6. The van der Waals surface area contributed by atoms with E-state index in [0.29, 0.717) is 36.9 Å². The Kier molecular flexibility index (Phi) is 5.79. The number of nitrogens with zero attached hydrogens (tertiary/aromatic N) is 1. The smallest absolute Gasteiger partial charge is 0.225 e. The average molecular weight is 408 g/mol. The van der Waals surface area contributed by atoms with Gasteiger partial charge in [0.15, 0.2) is 0 Å². The van der Waals surface area contributed by atoms with Crippen molar-refractivity contribution in [2.24, 2.45) is 5.92 Å². The summed E-state index contributed by atoms with van der Waals surface area (Å²) in [5.41, 5.74) is 0.909. The second-order valence-electron chi connectivity index (χ2n) is 7.17. The lowest BCUT2D eigenvalue weighted by molar-refractivity contribution is -0.129. The zero-order chi connectivity index (χ0) is 20.9. The van der Waals surface area contributed by atoms with Crippen LogP contribution in [0.1, 0.15) is 17.7 Å². The maximum Gasteiger partial charge on any atom is 0.225 e. The molecule has 0 bridgehead atoms. The van der Waals surface area contributed by atoms with Crippen LogP contribution in [0.4, 0.5) is 4.39 Å². The normalized spacial score (nSPS) is 16.0. The number of rotatable bonds is 7. The third-order valence-corrected chi connectivity index (χ3v) is 4.95. The van der Waals surface area contributed by atoms with E-state index < -0.39 is 0 Å². The van der Waals surface area contributed by atoms with Gasteiger partial charge >= 0.3 is 0 Å². The SMILES string of the molecule is O=C(NCc1ccc(Oc2ccc(F)cc2)cc1)[C@H]1CC(=O)N(Cc2ccco2)C1. The Balaban J connectivity index is 1.26. The molecule has 6 nitrogen and oxygen atoms in total. The second-order valence-corrected chi connectivity index (χ2v) is 7.17. The molecule has 4 rings (SSSR count). The minimum atomic E-state index is -0.367. The van der Waals surface area contributed by atoms with E-state index in [2.05, 4.69) is 5.32 Å². The Hall–Kier alpha value is -3.61. The molecular formula is C23H21FN2O4. The summed E-state index contributed by atoms with van der Waals surface area (Å²) in [6.45, 7) is 1.12. The number of nitrogens with one attached hydrogen (secondary N) is 1. The maximum absolute atomic E-state index is 13.0. The minimum Gasteiger partial charge on any atom is -0.467 e. The van der Waals surface area contributed by atoms with Crippen LogP contribution in [0.25, 0.3) is 0 Å². The van der Waals surface area contributed by atoms with E-state index in [1.165, 1.54) is 12.1 Å². The highest BCUT2D eigenvalue weighted by Crippen LogP contribution is 2.23. The van der Waals surface area contributed by atoms with Crippen molar-refractivity contribution >= 4 is 11.8 Å².